The molecule has 1 N–H and O–H groups in total. The minimum Gasteiger partial charge on any atom is -0.371 e. The van der Waals surface area contributed by atoms with E-state index in [1.165, 1.54) is 5.69 Å². The zero-order valence-electron chi connectivity index (χ0n) is 18.4. The maximum atomic E-state index is 13.1. The van der Waals surface area contributed by atoms with E-state index in [1.807, 2.05) is 60.7 Å². The zero-order chi connectivity index (χ0) is 22.3. The van der Waals surface area contributed by atoms with Crippen molar-refractivity contribution in [2.24, 2.45) is 5.92 Å². The van der Waals surface area contributed by atoms with Gasteiger partial charge in [0, 0.05) is 38.3 Å². The van der Waals surface area contributed by atoms with Crippen molar-refractivity contribution < 1.29 is 9.59 Å². The topological polar surface area (TPSA) is 52.7 Å². The molecule has 1 heterocycles. The van der Waals surface area contributed by atoms with Gasteiger partial charge in [0.1, 0.15) is 0 Å². The Hall–Kier alpha value is -3.60. The highest BCUT2D eigenvalue weighted by Gasteiger charge is 2.26. The van der Waals surface area contributed by atoms with E-state index in [1.54, 1.807) is 24.1 Å². The summed E-state index contributed by atoms with van der Waals surface area (Å²) < 4.78 is 0. The van der Waals surface area contributed by atoms with Gasteiger partial charge in [0.2, 0.25) is 5.91 Å². The summed E-state index contributed by atoms with van der Waals surface area (Å²) in [4.78, 5) is 30.1. The molecule has 164 valence electrons. The van der Waals surface area contributed by atoms with Crippen molar-refractivity contribution in [3.05, 3.63) is 96.1 Å². The first kappa shape index (κ1) is 21.6. The Balaban J connectivity index is 1.38. The number of hydrogen-bond donors (Lipinski definition) is 1. The van der Waals surface area contributed by atoms with Crippen molar-refractivity contribution in [2.45, 2.75) is 19.4 Å². The Bertz CT molecular complexity index is 1040. The summed E-state index contributed by atoms with van der Waals surface area (Å²) >= 11 is 0. The fourth-order valence-corrected chi connectivity index (χ4v) is 4.19. The van der Waals surface area contributed by atoms with Crippen LogP contribution in [0.3, 0.4) is 0 Å². The number of nitrogens with one attached hydrogen (secondary N) is 1. The van der Waals surface area contributed by atoms with Gasteiger partial charge in [0.15, 0.2) is 0 Å². The lowest BCUT2D eigenvalue weighted by Gasteiger charge is -2.33. The second-order valence-electron chi connectivity index (χ2n) is 8.28. The Labute approximate surface area is 189 Å². The standard InChI is InChI=1S/C27H29N3O2/c1-29(20-21-10-4-2-5-11-21)27(32)24-14-8-9-15-25(24)28-26(31)22-16-18-30(19-17-22)23-12-6-3-7-13-23/h2-15,22H,16-20H2,1H3,(H,28,31). The molecule has 1 aliphatic heterocycles. The molecule has 0 unspecified atom stereocenters. The maximum Gasteiger partial charge on any atom is 0.256 e. The molecule has 0 saturated carbocycles. The molecule has 0 spiro atoms. The Morgan fingerprint density at radius 3 is 2.16 bits per heavy atom. The molecule has 3 aromatic rings. The summed E-state index contributed by atoms with van der Waals surface area (Å²) in [5.41, 5.74) is 3.35. The van der Waals surface area contributed by atoms with Crippen LogP contribution in [0.4, 0.5) is 11.4 Å². The molecule has 0 atom stereocenters. The third-order valence-electron chi connectivity index (χ3n) is 6.01. The molecule has 0 aliphatic carbocycles. The number of para-hydroxylation sites is 2. The van der Waals surface area contributed by atoms with Gasteiger partial charge in [-0.05, 0) is 42.7 Å². The molecular formula is C27H29N3O2. The van der Waals surface area contributed by atoms with Crippen molar-refractivity contribution in [2.75, 3.05) is 30.4 Å². The van der Waals surface area contributed by atoms with E-state index in [9.17, 15) is 9.59 Å². The van der Waals surface area contributed by atoms with Crippen LogP contribution in [-0.4, -0.2) is 36.9 Å². The van der Waals surface area contributed by atoms with Gasteiger partial charge in [-0.15, -0.1) is 0 Å². The first-order valence-electron chi connectivity index (χ1n) is 11.1. The van der Waals surface area contributed by atoms with Crippen LogP contribution >= 0.6 is 0 Å². The molecule has 5 nitrogen and oxygen atoms in total. The summed E-state index contributed by atoms with van der Waals surface area (Å²) in [6.45, 7) is 2.21. The third kappa shape index (κ3) is 5.17. The molecule has 4 rings (SSSR count). The van der Waals surface area contributed by atoms with E-state index < -0.39 is 0 Å². The van der Waals surface area contributed by atoms with Crippen LogP contribution in [0.1, 0.15) is 28.8 Å². The molecule has 2 amide bonds. The van der Waals surface area contributed by atoms with Gasteiger partial charge in [0.05, 0.1) is 11.3 Å². The molecule has 32 heavy (non-hydrogen) atoms. The summed E-state index contributed by atoms with van der Waals surface area (Å²) in [6.07, 6.45) is 1.59. The molecule has 0 aromatic heterocycles. The van der Waals surface area contributed by atoms with Crippen molar-refractivity contribution in [3.8, 4) is 0 Å². The predicted molar refractivity (Wildman–Crippen MR) is 129 cm³/mol. The van der Waals surface area contributed by atoms with E-state index in [2.05, 4.69) is 22.3 Å². The van der Waals surface area contributed by atoms with E-state index in [-0.39, 0.29) is 17.7 Å². The number of carbonyl (C=O) groups is 2. The van der Waals surface area contributed by atoms with Crippen molar-refractivity contribution >= 4 is 23.2 Å². The Morgan fingerprint density at radius 2 is 1.47 bits per heavy atom. The highest BCUT2D eigenvalue weighted by atomic mass is 16.2. The summed E-state index contributed by atoms with van der Waals surface area (Å²) in [6, 6.07) is 27.4. The summed E-state index contributed by atoms with van der Waals surface area (Å²) in [5.74, 6) is -0.174. The number of benzene rings is 3. The first-order chi connectivity index (χ1) is 15.6. The van der Waals surface area contributed by atoms with Crippen molar-refractivity contribution in [1.82, 2.24) is 4.90 Å². The minimum atomic E-state index is -0.108. The van der Waals surface area contributed by atoms with Crippen LogP contribution in [0.5, 0.6) is 0 Å². The monoisotopic (exact) mass is 427 g/mol. The van der Waals surface area contributed by atoms with Gasteiger partial charge >= 0.3 is 0 Å². The average Bonchev–Trinajstić information content (AvgIpc) is 2.85. The molecule has 1 fully saturated rings. The number of amides is 2. The molecular weight excluding hydrogens is 398 g/mol. The van der Waals surface area contributed by atoms with Crippen LogP contribution in [0.15, 0.2) is 84.9 Å². The lowest BCUT2D eigenvalue weighted by molar-refractivity contribution is -0.120. The second-order valence-corrected chi connectivity index (χ2v) is 8.28. The van der Waals surface area contributed by atoms with Crippen LogP contribution in [-0.2, 0) is 11.3 Å². The first-order valence-corrected chi connectivity index (χ1v) is 11.1. The molecule has 3 aromatic carbocycles. The maximum absolute atomic E-state index is 13.1. The third-order valence-corrected chi connectivity index (χ3v) is 6.01. The second kappa shape index (κ2) is 10.1. The van der Waals surface area contributed by atoms with Crippen molar-refractivity contribution in [3.63, 3.8) is 0 Å². The fraction of sp³-hybridized carbons (Fsp3) is 0.259. The SMILES string of the molecule is CN(Cc1ccccc1)C(=O)c1ccccc1NC(=O)C1CCN(c2ccccc2)CC1. The number of anilines is 2. The number of piperidine rings is 1. The van der Waals surface area contributed by atoms with Gasteiger partial charge in [-0.25, -0.2) is 0 Å². The summed E-state index contributed by atoms with van der Waals surface area (Å²) in [5, 5.41) is 3.03. The Kier molecular flexibility index (Phi) is 6.85. The molecule has 5 heteroatoms. The zero-order valence-corrected chi connectivity index (χ0v) is 18.4. The predicted octanol–water partition coefficient (Wildman–Crippen LogP) is 4.81. The lowest BCUT2D eigenvalue weighted by Crippen LogP contribution is -2.38. The summed E-state index contributed by atoms with van der Waals surface area (Å²) in [7, 11) is 1.78. The normalized spacial score (nSPS) is 14.1. The number of carbonyl (C=O) groups excluding carboxylic acids is 2. The van der Waals surface area contributed by atoms with Crippen LogP contribution in [0, 0.1) is 5.92 Å². The molecule has 1 saturated heterocycles. The van der Waals surface area contributed by atoms with Crippen LogP contribution < -0.4 is 10.2 Å². The van der Waals surface area contributed by atoms with Gasteiger partial charge in [-0.3, -0.25) is 9.59 Å². The van der Waals surface area contributed by atoms with E-state index in [4.69, 9.17) is 0 Å². The number of nitrogens with zero attached hydrogens (tertiary/aromatic N) is 2. The van der Waals surface area contributed by atoms with Gasteiger partial charge < -0.3 is 15.1 Å². The quantitative estimate of drug-likeness (QED) is 0.614. The van der Waals surface area contributed by atoms with Gasteiger partial charge in [-0.1, -0.05) is 60.7 Å². The van der Waals surface area contributed by atoms with Crippen molar-refractivity contribution in [1.29, 1.82) is 0 Å². The molecule has 1 aliphatic rings. The van der Waals surface area contributed by atoms with Gasteiger partial charge in [0.25, 0.3) is 5.91 Å². The average molecular weight is 428 g/mol. The van der Waals surface area contributed by atoms with E-state index in [0.29, 0.717) is 17.8 Å². The lowest BCUT2D eigenvalue weighted by atomic mass is 9.95. The minimum absolute atomic E-state index is 0.0105. The van der Waals surface area contributed by atoms with E-state index >= 15 is 0 Å². The number of rotatable bonds is 6. The molecule has 0 radical (unpaired) electrons. The van der Waals surface area contributed by atoms with Gasteiger partial charge in [-0.2, -0.15) is 0 Å². The van der Waals surface area contributed by atoms with Crippen LogP contribution in [0.2, 0.25) is 0 Å². The fourth-order valence-electron chi connectivity index (χ4n) is 4.19. The highest BCUT2D eigenvalue weighted by Crippen LogP contribution is 2.25. The van der Waals surface area contributed by atoms with E-state index in [0.717, 1.165) is 31.5 Å². The Morgan fingerprint density at radius 1 is 0.875 bits per heavy atom. The number of hydrogen-bond acceptors (Lipinski definition) is 3. The smallest absolute Gasteiger partial charge is 0.256 e. The largest absolute Gasteiger partial charge is 0.371 e. The van der Waals surface area contributed by atoms with Crippen LogP contribution in [0.25, 0.3) is 0 Å². The molecule has 0 bridgehead atoms. The highest BCUT2D eigenvalue weighted by molar-refractivity contribution is 6.04.